The van der Waals surface area contributed by atoms with Crippen molar-refractivity contribution in [1.29, 1.82) is 0 Å². The zero-order valence-corrected chi connectivity index (χ0v) is 9.24. The third kappa shape index (κ3) is 1.99. The minimum absolute atomic E-state index is 0.0658. The number of hydrogen-bond donors (Lipinski definition) is 0. The highest BCUT2D eigenvalue weighted by atomic mass is 16.6. The van der Waals surface area contributed by atoms with Gasteiger partial charge in [-0.3, -0.25) is 4.79 Å². The molecule has 3 rings (SSSR count). The van der Waals surface area contributed by atoms with Gasteiger partial charge in [-0.05, 0) is 5.56 Å². The van der Waals surface area contributed by atoms with Crippen LogP contribution in [-0.2, 0) is 4.74 Å². The summed E-state index contributed by atoms with van der Waals surface area (Å²) in [6.07, 6.45) is -0.372. The highest BCUT2D eigenvalue weighted by Gasteiger charge is 2.45. The van der Waals surface area contributed by atoms with Crippen molar-refractivity contribution < 1.29 is 9.53 Å². The van der Waals surface area contributed by atoms with E-state index in [9.17, 15) is 4.79 Å². The van der Waals surface area contributed by atoms with E-state index in [0.29, 0.717) is 0 Å². The van der Waals surface area contributed by atoms with Gasteiger partial charge in [0.25, 0.3) is 0 Å². The Morgan fingerprint density at radius 2 is 1.47 bits per heavy atom. The van der Waals surface area contributed by atoms with Crippen molar-refractivity contribution in [2.24, 2.45) is 0 Å². The van der Waals surface area contributed by atoms with E-state index in [-0.39, 0.29) is 18.0 Å². The molecule has 0 aliphatic carbocycles. The lowest BCUT2D eigenvalue weighted by Gasteiger charge is -1.96. The quantitative estimate of drug-likeness (QED) is 0.592. The van der Waals surface area contributed by atoms with Crippen molar-refractivity contribution >= 4 is 5.78 Å². The van der Waals surface area contributed by atoms with Crippen LogP contribution in [0.4, 0.5) is 0 Å². The van der Waals surface area contributed by atoms with Crippen LogP contribution in [-0.4, -0.2) is 11.9 Å². The van der Waals surface area contributed by atoms with Gasteiger partial charge in [0.15, 0.2) is 11.9 Å². The monoisotopic (exact) mass is 224 g/mol. The zero-order chi connectivity index (χ0) is 11.7. The van der Waals surface area contributed by atoms with E-state index in [0.717, 1.165) is 11.1 Å². The summed E-state index contributed by atoms with van der Waals surface area (Å²) in [5.74, 6) is 0.0689. The molecule has 0 aromatic heterocycles. The fourth-order valence-electron chi connectivity index (χ4n) is 1.97. The Bertz CT molecular complexity index is 519. The first-order valence-electron chi connectivity index (χ1n) is 5.66. The molecular formula is C15H12O2. The van der Waals surface area contributed by atoms with Crippen LogP contribution in [0, 0.1) is 0 Å². The second-order valence-electron chi connectivity index (χ2n) is 4.12. The van der Waals surface area contributed by atoms with Crippen LogP contribution >= 0.6 is 0 Å². The van der Waals surface area contributed by atoms with Gasteiger partial charge in [-0.25, -0.2) is 0 Å². The van der Waals surface area contributed by atoms with Gasteiger partial charge in [0.2, 0.25) is 0 Å². The van der Waals surface area contributed by atoms with Gasteiger partial charge < -0.3 is 4.74 Å². The molecule has 0 saturated carbocycles. The second kappa shape index (κ2) is 4.15. The Morgan fingerprint density at radius 1 is 0.882 bits per heavy atom. The molecule has 2 atom stereocenters. The lowest BCUT2D eigenvalue weighted by atomic mass is 10.0. The van der Waals surface area contributed by atoms with Crippen molar-refractivity contribution in [2.75, 3.05) is 0 Å². The predicted molar refractivity (Wildman–Crippen MR) is 64.8 cm³/mol. The summed E-state index contributed by atoms with van der Waals surface area (Å²) >= 11 is 0. The fourth-order valence-corrected chi connectivity index (χ4v) is 1.97. The summed E-state index contributed by atoms with van der Waals surface area (Å²) in [7, 11) is 0. The first kappa shape index (κ1) is 10.2. The Balaban J connectivity index is 1.76. The van der Waals surface area contributed by atoms with Crippen molar-refractivity contribution in [3.05, 3.63) is 71.8 Å². The summed E-state index contributed by atoms with van der Waals surface area (Å²) in [4.78, 5) is 12.1. The molecule has 0 unspecified atom stereocenters. The predicted octanol–water partition coefficient (Wildman–Crippen LogP) is 3.01. The van der Waals surface area contributed by atoms with Crippen molar-refractivity contribution in [2.45, 2.75) is 12.2 Å². The lowest BCUT2D eigenvalue weighted by Crippen LogP contribution is -2.07. The summed E-state index contributed by atoms with van der Waals surface area (Å²) < 4.78 is 5.47. The molecule has 2 heteroatoms. The number of hydrogen-bond acceptors (Lipinski definition) is 2. The Kier molecular flexibility index (Phi) is 2.50. The highest BCUT2D eigenvalue weighted by Crippen LogP contribution is 2.40. The third-order valence-corrected chi connectivity index (χ3v) is 2.94. The van der Waals surface area contributed by atoms with Crippen LogP contribution in [0.1, 0.15) is 22.0 Å². The topological polar surface area (TPSA) is 29.6 Å². The molecule has 17 heavy (non-hydrogen) atoms. The highest BCUT2D eigenvalue weighted by molar-refractivity contribution is 6.01. The Morgan fingerprint density at radius 3 is 2.12 bits per heavy atom. The van der Waals surface area contributed by atoms with Gasteiger partial charge in [0, 0.05) is 5.56 Å². The van der Waals surface area contributed by atoms with Gasteiger partial charge >= 0.3 is 0 Å². The van der Waals surface area contributed by atoms with Crippen LogP contribution in [0.3, 0.4) is 0 Å². The number of carbonyl (C=O) groups is 1. The SMILES string of the molecule is O=C(c1ccccc1)[C@H]1O[C@@H]1c1ccccc1. The Hall–Kier alpha value is -1.93. The van der Waals surface area contributed by atoms with Crippen LogP contribution in [0.25, 0.3) is 0 Å². The van der Waals surface area contributed by atoms with E-state index < -0.39 is 0 Å². The number of ether oxygens (including phenoxy) is 1. The number of Topliss-reactive ketones (excluding diaryl/α,β-unsaturated/α-hetero) is 1. The first-order valence-corrected chi connectivity index (χ1v) is 5.66. The maximum atomic E-state index is 12.1. The number of epoxide rings is 1. The summed E-state index contributed by atoms with van der Waals surface area (Å²) in [6, 6.07) is 19.1. The molecule has 1 heterocycles. The lowest BCUT2D eigenvalue weighted by molar-refractivity contribution is 0.0953. The standard InChI is InChI=1S/C15H12O2/c16-13(11-7-3-1-4-8-11)15-14(17-15)12-9-5-2-6-10-12/h1-10,14-15H/t14-,15-/m1/s1. The minimum atomic E-state index is -0.306. The zero-order valence-electron chi connectivity index (χ0n) is 9.24. The molecule has 1 aliphatic rings. The molecule has 0 amide bonds. The van der Waals surface area contributed by atoms with Crippen LogP contribution in [0.5, 0.6) is 0 Å². The van der Waals surface area contributed by atoms with Crippen molar-refractivity contribution in [3.63, 3.8) is 0 Å². The molecule has 0 spiro atoms. The summed E-state index contributed by atoms with van der Waals surface area (Å²) in [6.45, 7) is 0. The molecule has 0 N–H and O–H groups in total. The molecule has 84 valence electrons. The van der Waals surface area contributed by atoms with Gasteiger partial charge in [-0.15, -0.1) is 0 Å². The normalized spacial score (nSPS) is 22.1. The number of rotatable bonds is 3. The van der Waals surface area contributed by atoms with Gasteiger partial charge in [-0.1, -0.05) is 60.7 Å². The maximum Gasteiger partial charge on any atom is 0.194 e. The van der Waals surface area contributed by atoms with E-state index in [1.165, 1.54) is 0 Å². The second-order valence-corrected chi connectivity index (χ2v) is 4.12. The minimum Gasteiger partial charge on any atom is -0.356 e. The number of ketones is 1. The van der Waals surface area contributed by atoms with Crippen molar-refractivity contribution in [3.8, 4) is 0 Å². The van der Waals surface area contributed by atoms with E-state index in [1.807, 2.05) is 60.7 Å². The van der Waals surface area contributed by atoms with Gasteiger partial charge in [-0.2, -0.15) is 0 Å². The fraction of sp³-hybridized carbons (Fsp3) is 0.133. The largest absolute Gasteiger partial charge is 0.356 e. The average Bonchev–Trinajstić information content (AvgIpc) is 3.20. The molecule has 1 saturated heterocycles. The van der Waals surface area contributed by atoms with E-state index in [1.54, 1.807) is 0 Å². The number of carbonyl (C=O) groups excluding carboxylic acids is 1. The molecule has 2 aromatic rings. The third-order valence-electron chi connectivity index (χ3n) is 2.94. The first-order chi connectivity index (χ1) is 8.36. The van der Waals surface area contributed by atoms with Gasteiger partial charge in [0.05, 0.1) is 0 Å². The molecule has 2 nitrogen and oxygen atoms in total. The summed E-state index contributed by atoms with van der Waals surface area (Å²) in [5, 5.41) is 0. The molecule has 1 aliphatic heterocycles. The van der Waals surface area contributed by atoms with E-state index >= 15 is 0 Å². The maximum absolute atomic E-state index is 12.1. The van der Waals surface area contributed by atoms with Crippen LogP contribution < -0.4 is 0 Å². The van der Waals surface area contributed by atoms with E-state index in [4.69, 9.17) is 4.74 Å². The van der Waals surface area contributed by atoms with Crippen molar-refractivity contribution in [1.82, 2.24) is 0 Å². The molecule has 1 fully saturated rings. The molecular weight excluding hydrogens is 212 g/mol. The smallest absolute Gasteiger partial charge is 0.194 e. The molecule has 2 aromatic carbocycles. The van der Waals surface area contributed by atoms with Crippen LogP contribution in [0.15, 0.2) is 60.7 Å². The van der Waals surface area contributed by atoms with Crippen LogP contribution in [0.2, 0.25) is 0 Å². The molecule has 0 radical (unpaired) electrons. The summed E-state index contributed by atoms with van der Waals surface area (Å²) in [5.41, 5.74) is 1.79. The average molecular weight is 224 g/mol. The van der Waals surface area contributed by atoms with E-state index in [2.05, 4.69) is 0 Å². The van der Waals surface area contributed by atoms with Gasteiger partial charge in [0.1, 0.15) is 6.10 Å². The Labute approximate surface area is 99.9 Å². The molecule has 0 bridgehead atoms. The number of benzene rings is 2.